The summed E-state index contributed by atoms with van der Waals surface area (Å²) in [7, 11) is 0. The number of allylic oxidation sites excluding steroid dienone is 5. The van der Waals surface area contributed by atoms with Crippen LogP contribution in [0.15, 0.2) is 35.7 Å². The Kier molecular flexibility index (Phi) is 10.1. The summed E-state index contributed by atoms with van der Waals surface area (Å²) in [5.74, 6) is 9.67. The highest BCUT2D eigenvalue weighted by molar-refractivity contribution is 5.23. The molecule has 6 heteroatoms. The Hall–Kier alpha value is -1.78. The van der Waals surface area contributed by atoms with E-state index < -0.39 is 6.23 Å². The Morgan fingerprint density at radius 3 is 2.56 bits per heavy atom. The van der Waals surface area contributed by atoms with Crippen molar-refractivity contribution in [2.24, 2.45) is 23.7 Å². The van der Waals surface area contributed by atoms with Gasteiger partial charge in [-0.2, -0.15) is 0 Å². The largest absolute Gasteiger partial charge is 0.374 e. The van der Waals surface area contributed by atoms with Crippen LogP contribution in [0.5, 0.6) is 0 Å². The molecule has 6 nitrogen and oxygen atoms in total. The number of nitrogens with one attached hydrogen (secondary N) is 3. The summed E-state index contributed by atoms with van der Waals surface area (Å²) < 4.78 is 0. The summed E-state index contributed by atoms with van der Waals surface area (Å²) in [4.78, 5) is 5.51. The maximum absolute atomic E-state index is 9.61. The van der Waals surface area contributed by atoms with Crippen molar-refractivity contribution in [2.45, 2.75) is 103 Å². The van der Waals surface area contributed by atoms with Crippen LogP contribution in [0.25, 0.3) is 0 Å². The molecular weight excluding hydrogens is 482 g/mol. The van der Waals surface area contributed by atoms with Crippen molar-refractivity contribution >= 4 is 0 Å². The van der Waals surface area contributed by atoms with Crippen molar-refractivity contribution in [1.29, 1.82) is 0 Å². The van der Waals surface area contributed by atoms with E-state index in [0.29, 0.717) is 12.0 Å². The predicted molar refractivity (Wildman–Crippen MR) is 160 cm³/mol. The monoisotopic (exact) mass is 535 g/mol. The molecule has 0 aromatic carbocycles. The smallest absolute Gasteiger partial charge is 0.141 e. The van der Waals surface area contributed by atoms with Crippen LogP contribution in [0.2, 0.25) is 0 Å². The first-order valence-corrected chi connectivity index (χ1v) is 15.9. The zero-order valence-corrected chi connectivity index (χ0v) is 24.7. The van der Waals surface area contributed by atoms with Crippen LogP contribution in [0.1, 0.15) is 78.6 Å². The van der Waals surface area contributed by atoms with Gasteiger partial charge in [0, 0.05) is 68.5 Å². The van der Waals surface area contributed by atoms with E-state index in [1.165, 1.54) is 76.2 Å². The molecule has 0 aromatic rings. The molecule has 0 aromatic heterocycles. The fourth-order valence-corrected chi connectivity index (χ4v) is 7.43. The summed E-state index contributed by atoms with van der Waals surface area (Å²) in [6, 6.07) is 1.30. The minimum atomic E-state index is -0.485. The zero-order chi connectivity index (χ0) is 27.2. The van der Waals surface area contributed by atoms with Crippen LogP contribution in [0, 0.1) is 35.5 Å². The van der Waals surface area contributed by atoms with Crippen molar-refractivity contribution < 1.29 is 5.11 Å². The second-order valence-corrected chi connectivity index (χ2v) is 13.0. The molecule has 0 spiro atoms. The molecule has 5 rings (SSSR count). The quantitative estimate of drug-likeness (QED) is 0.213. The van der Waals surface area contributed by atoms with Gasteiger partial charge in [-0.05, 0) is 76.0 Å². The molecule has 39 heavy (non-hydrogen) atoms. The molecule has 216 valence electrons. The molecule has 0 amide bonds. The van der Waals surface area contributed by atoms with Gasteiger partial charge in [-0.1, -0.05) is 50.0 Å². The standard InChI is InChI=1S/C33H53N5O/c1-24-7-6-8-28(25(24)2)23-37-19-21-38(22-20-37)31-17-15-30(16-18-31)35-33-10-5-4-9-32(36-33)27-11-13-29(14-12-27)34-26(3)39/h6,8-9,13,24-28,30-31,33-36,39H,4,7,11-12,14-23H2,1-3H3. The number of rotatable bonds is 8. The van der Waals surface area contributed by atoms with Gasteiger partial charge in [-0.3, -0.25) is 10.2 Å². The van der Waals surface area contributed by atoms with Crippen molar-refractivity contribution in [3.8, 4) is 11.8 Å². The molecular formula is C33H53N5O. The Bertz CT molecular complexity index is 945. The molecule has 0 radical (unpaired) electrons. The lowest BCUT2D eigenvalue weighted by atomic mass is 9.78. The summed E-state index contributed by atoms with van der Waals surface area (Å²) >= 11 is 0. The topological polar surface area (TPSA) is 62.8 Å². The number of aliphatic hydroxyl groups excluding tert-OH is 1. The fourth-order valence-electron chi connectivity index (χ4n) is 7.43. The SMILES string of the molecule is CC(O)NC1=CCC(C2=CCC#CC(NC3CCC(N4CCN(CC5C=CCC(C)C5C)CC4)CC3)N2)CC1. The van der Waals surface area contributed by atoms with Crippen LogP contribution >= 0.6 is 0 Å². The van der Waals surface area contributed by atoms with E-state index in [4.69, 9.17) is 0 Å². The van der Waals surface area contributed by atoms with Crippen LogP contribution in [-0.4, -0.2) is 72.1 Å². The summed E-state index contributed by atoms with van der Waals surface area (Å²) in [6.07, 6.45) is 19.3. The molecule has 1 saturated heterocycles. The van der Waals surface area contributed by atoms with Crippen molar-refractivity contribution in [3.05, 3.63) is 35.7 Å². The Balaban J connectivity index is 1.03. The third-order valence-electron chi connectivity index (χ3n) is 10.2. The van der Waals surface area contributed by atoms with Gasteiger partial charge in [0.05, 0.1) is 0 Å². The third-order valence-corrected chi connectivity index (χ3v) is 10.2. The highest BCUT2D eigenvalue weighted by Crippen LogP contribution is 2.31. The van der Waals surface area contributed by atoms with E-state index in [9.17, 15) is 5.11 Å². The van der Waals surface area contributed by atoms with Crippen molar-refractivity contribution in [2.75, 3.05) is 32.7 Å². The molecule has 3 aliphatic carbocycles. The Morgan fingerprint density at radius 2 is 1.85 bits per heavy atom. The average molecular weight is 536 g/mol. The number of hydrogen-bond donors (Lipinski definition) is 4. The molecule has 1 saturated carbocycles. The van der Waals surface area contributed by atoms with Crippen molar-refractivity contribution in [3.63, 3.8) is 0 Å². The molecule has 2 heterocycles. The maximum atomic E-state index is 9.61. The van der Waals surface area contributed by atoms with Crippen molar-refractivity contribution in [1.82, 2.24) is 25.8 Å². The van der Waals surface area contributed by atoms with Crippen LogP contribution < -0.4 is 16.0 Å². The first-order valence-electron chi connectivity index (χ1n) is 15.9. The number of hydrogen-bond acceptors (Lipinski definition) is 6. The first-order chi connectivity index (χ1) is 18.9. The third kappa shape index (κ3) is 7.91. The van der Waals surface area contributed by atoms with Crippen LogP contribution in [0.3, 0.4) is 0 Å². The fraction of sp³-hybridized carbons (Fsp3) is 0.758. The van der Waals surface area contributed by atoms with E-state index in [0.717, 1.165) is 49.5 Å². The Morgan fingerprint density at radius 1 is 1.05 bits per heavy atom. The minimum absolute atomic E-state index is 0.0451. The van der Waals surface area contributed by atoms with E-state index in [2.05, 4.69) is 75.7 Å². The maximum Gasteiger partial charge on any atom is 0.141 e. The lowest BCUT2D eigenvalue weighted by Crippen LogP contribution is -2.54. The molecule has 5 aliphatic rings. The average Bonchev–Trinajstić information content (AvgIpc) is 3.18. The van der Waals surface area contributed by atoms with Gasteiger partial charge < -0.3 is 20.6 Å². The first kappa shape index (κ1) is 28.7. The van der Waals surface area contributed by atoms with Crippen LogP contribution in [-0.2, 0) is 0 Å². The second kappa shape index (κ2) is 13.7. The van der Waals surface area contributed by atoms with Gasteiger partial charge in [-0.25, -0.2) is 0 Å². The van der Waals surface area contributed by atoms with Gasteiger partial charge in [0.15, 0.2) is 0 Å². The van der Waals surface area contributed by atoms with E-state index in [-0.39, 0.29) is 6.17 Å². The zero-order valence-electron chi connectivity index (χ0n) is 24.7. The van der Waals surface area contributed by atoms with Gasteiger partial charge in [0.1, 0.15) is 12.4 Å². The van der Waals surface area contributed by atoms with Gasteiger partial charge in [0.2, 0.25) is 0 Å². The molecule has 0 bridgehead atoms. The van der Waals surface area contributed by atoms with E-state index >= 15 is 0 Å². The van der Waals surface area contributed by atoms with Crippen LogP contribution in [0.4, 0.5) is 0 Å². The molecule has 2 fully saturated rings. The molecule has 4 N–H and O–H groups in total. The minimum Gasteiger partial charge on any atom is -0.374 e. The van der Waals surface area contributed by atoms with Gasteiger partial charge in [0.25, 0.3) is 0 Å². The molecule has 2 aliphatic heterocycles. The van der Waals surface area contributed by atoms with Gasteiger partial charge in [-0.15, -0.1) is 0 Å². The summed E-state index contributed by atoms with van der Waals surface area (Å²) in [6.45, 7) is 12.8. The lowest BCUT2D eigenvalue weighted by Gasteiger charge is -2.43. The lowest BCUT2D eigenvalue weighted by molar-refractivity contribution is 0.0623. The molecule has 6 unspecified atom stereocenters. The van der Waals surface area contributed by atoms with E-state index in [1.54, 1.807) is 6.92 Å². The number of piperazine rings is 1. The summed E-state index contributed by atoms with van der Waals surface area (Å²) in [5, 5.41) is 20.4. The number of nitrogens with zero attached hydrogens (tertiary/aromatic N) is 2. The molecule has 6 atom stereocenters. The second-order valence-electron chi connectivity index (χ2n) is 13.0. The van der Waals surface area contributed by atoms with Gasteiger partial charge >= 0.3 is 0 Å². The summed E-state index contributed by atoms with van der Waals surface area (Å²) in [5.41, 5.74) is 2.50. The highest BCUT2D eigenvalue weighted by atomic mass is 16.3. The number of aliphatic hydroxyl groups is 1. The highest BCUT2D eigenvalue weighted by Gasteiger charge is 2.31. The predicted octanol–water partition coefficient (Wildman–Crippen LogP) is 4.17. The van der Waals surface area contributed by atoms with E-state index in [1.807, 2.05) is 0 Å². The normalized spacial score (nSPS) is 37.0. The Labute approximate surface area is 237 Å².